The largest absolute Gasteiger partial charge is 0.480 e. The number of nitrogens with zero attached hydrogens (tertiary/aromatic N) is 2. The van der Waals surface area contributed by atoms with Crippen LogP contribution >= 0.6 is 11.3 Å². The third-order valence-electron chi connectivity index (χ3n) is 2.86. The van der Waals surface area contributed by atoms with Crippen LogP contribution in [0.15, 0.2) is 5.38 Å². The van der Waals surface area contributed by atoms with Gasteiger partial charge >= 0.3 is 12.0 Å². The number of amides is 2. The summed E-state index contributed by atoms with van der Waals surface area (Å²) in [7, 11) is 0. The number of rotatable bonds is 3. The molecule has 1 aromatic rings. The van der Waals surface area contributed by atoms with E-state index in [1.165, 1.54) is 16.2 Å². The van der Waals surface area contributed by atoms with Crippen molar-refractivity contribution in [2.75, 3.05) is 6.54 Å². The van der Waals surface area contributed by atoms with E-state index in [4.69, 9.17) is 5.11 Å². The average molecular weight is 269 g/mol. The molecular weight excluding hydrogens is 254 g/mol. The summed E-state index contributed by atoms with van der Waals surface area (Å²) in [6.07, 6.45) is 1.26. The highest BCUT2D eigenvalue weighted by molar-refractivity contribution is 7.09. The molecule has 1 aliphatic rings. The van der Waals surface area contributed by atoms with Gasteiger partial charge in [-0.2, -0.15) is 0 Å². The van der Waals surface area contributed by atoms with Crippen molar-refractivity contribution in [3.05, 3.63) is 16.1 Å². The van der Waals surface area contributed by atoms with Crippen LogP contribution in [-0.4, -0.2) is 39.6 Å². The monoisotopic (exact) mass is 269 g/mol. The number of hydrogen-bond donors (Lipinski definition) is 2. The lowest BCUT2D eigenvalue weighted by Crippen LogP contribution is -2.45. The fourth-order valence-electron chi connectivity index (χ4n) is 2.00. The number of carboxylic acids is 1. The van der Waals surface area contributed by atoms with E-state index in [-0.39, 0.29) is 6.03 Å². The molecule has 2 rings (SSSR count). The first kappa shape index (κ1) is 12.8. The zero-order valence-corrected chi connectivity index (χ0v) is 10.9. The van der Waals surface area contributed by atoms with E-state index in [0.717, 1.165) is 17.1 Å². The van der Waals surface area contributed by atoms with E-state index in [9.17, 15) is 9.59 Å². The lowest BCUT2D eigenvalue weighted by atomic mass is 10.2. The molecule has 1 aliphatic heterocycles. The number of urea groups is 1. The van der Waals surface area contributed by atoms with Crippen LogP contribution in [-0.2, 0) is 11.3 Å². The zero-order chi connectivity index (χ0) is 13.1. The van der Waals surface area contributed by atoms with Gasteiger partial charge in [0.1, 0.15) is 11.0 Å². The zero-order valence-electron chi connectivity index (χ0n) is 10.0. The molecule has 0 unspecified atom stereocenters. The van der Waals surface area contributed by atoms with Crippen molar-refractivity contribution in [1.29, 1.82) is 0 Å². The Kier molecular flexibility index (Phi) is 3.81. The van der Waals surface area contributed by atoms with E-state index in [1.54, 1.807) is 0 Å². The topological polar surface area (TPSA) is 82.5 Å². The summed E-state index contributed by atoms with van der Waals surface area (Å²) in [6.45, 7) is 2.74. The maximum atomic E-state index is 11.9. The molecule has 0 aliphatic carbocycles. The van der Waals surface area contributed by atoms with E-state index >= 15 is 0 Å². The van der Waals surface area contributed by atoms with Crippen LogP contribution in [0, 0.1) is 6.92 Å². The van der Waals surface area contributed by atoms with Crippen LogP contribution in [0.4, 0.5) is 4.79 Å². The van der Waals surface area contributed by atoms with Gasteiger partial charge in [0.25, 0.3) is 0 Å². The number of aliphatic carboxylic acids is 1. The van der Waals surface area contributed by atoms with Gasteiger partial charge < -0.3 is 15.3 Å². The Morgan fingerprint density at radius 2 is 2.44 bits per heavy atom. The van der Waals surface area contributed by atoms with Gasteiger partial charge in [0.2, 0.25) is 0 Å². The molecule has 0 saturated carbocycles. The predicted molar refractivity (Wildman–Crippen MR) is 66.5 cm³/mol. The molecule has 2 amide bonds. The fourth-order valence-corrected chi connectivity index (χ4v) is 2.71. The summed E-state index contributed by atoms with van der Waals surface area (Å²) >= 11 is 1.48. The molecule has 18 heavy (non-hydrogen) atoms. The van der Waals surface area contributed by atoms with Crippen molar-refractivity contribution in [2.45, 2.75) is 32.4 Å². The molecule has 1 saturated heterocycles. The van der Waals surface area contributed by atoms with Crippen LogP contribution in [0.1, 0.15) is 23.5 Å². The fraction of sp³-hybridized carbons (Fsp3) is 0.545. The lowest BCUT2D eigenvalue weighted by molar-refractivity contribution is -0.141. The molecule has 7 heteroatoms. The molecular formula is C11H15N3O3S. The van der Waals surface area contributed by atoms with E-state index < -0.39 is 12.0 Å². The standard InChI is InChI=1S/C11H15N3O3S/c1-7-6-18-9(13-7)5-12-11(17)14-4-2-3-8(14)10(15)16/h6,8H,2-5H2,1H3,(H,12,17)(H,15,16)/t8-/m0/s1. The Hall–Kier alpha value is -1.63. The normalized spacial score (nSPS) is 18.9. The first-order valence-electron chi connectivity index (χ1n) is 5.76. The summed E-state index contributed by atoms with van der Waals surface area (Å²) in [5.41, 5.74) is 0.925. The number of aromatic nitrogens is 1. The number of aryl methyl sites for hydroxylation is 1. The summed E-state index contributed by atoms with van der Waals surface area (Å²) in [5.74, 6) is -0.937. The minimum Gasteiger partial charge on any atom is -0.480 e. The maximum Gasteiger partial charge on any atom is 0.326 e. The number of carboxylic acid groups (broad SMARTS) is 1. The maximum absolute atomic E-state index is 11.9. The molecule has 6 nitrogen and oxygen atoms in total. The van der Waals surface area contributed by atoms with E-state index in [0.29, 0.717) is 19.5 Å². The number of carbonyl (C=O) groups is 2. The van der Waals surface area contributed by atoms with Gasteiger partial charge in [0.05, 0.1) is 6.54 Å². The van der Waals surface area contributed by atoms with Crippen LogP contribution < -0.4 is 5.32 Å². The second-order valence-electron chi connectivity index (χ2n) is 4.23. The van der Waals surface area contributed by atoms with Gasteiger partial charge in [0.15, 0.2) is 0 Å². The van der Waals surface area contributed by atoms with E-state index in [2.05, 4.69) is 10.3 Å². The summed E-state index contributed by atoms with van der Waals surface area (Å²) in [4.78, 5) is 28.4. The van der Waals surface area contributed by atoms with Crippen molar-refractivity contribution in [2.24, 2.45) is 0 Å². The van der Waals surface area contributed by atoms with Crippen LogP contribution in [0.25, 0.3) is 0 Å². The first-order valence-corrected chi connectivity index (χ1v) is 6.64. The molecule has 2 heterocycles. The minimum absolute atomic E-state index is 0.326. The van der Waals surface area contributed by atoms with Gasteiger partial charge in [-0.05, 0) is 19.8 Å². The van der Waals surface area contributed by atoms with Gasteiger partial charge in [-0.1, -0.05) is 0 Å². The van der Waals surface area contributed by atoms with Crippen LogP contribution in [0.3, 0.4) is 0 Å². The Morgan fingerprint density at radius 3 is 3.06 bits per heavy atom. The second kappa shape index (κ2) is 5.34. The minimum atomic E-state index is -0.937. The number of carbonyl (C=O) groups excluding carboxylic acids is 1. The molecule has 1 fully saturated rings. The molecule has 0 spiro atoms. The van der Waals surface area contributed by atoms with Crippen LogP contribution in [0.5, 0.6) is 0 Å². The van der Waals surface area contributed by atoms with E-state index in [1.807, 2.05) is 12.3 Å². The van der Waals surface area contributed by atoms with Crippen molar-refractivity contribution >= 4 is 23.3 Å². The third-order valence-corrected chi connectivity index (χ3v) is 3.82. The Labute approximate surface area is 109 Å². The Bertz CT molecular complexity index is 460. The Balaban J connectivity index is 1.89. The summed E-state index contributed by atoms with van der Waals surface area (Å²) < 4.78 is 0. The molecule has 0 bridgehead atoms. The smallest absolute Gasteiger partial charge is 0.326 e. The predicted octanol–water partition coefficient (Wildman–Crippen LogP) is 1.21. The van der Waals surface area contributed by atoms with Crippen molar-refractivity contribution in [1.82, 2.24) is 15.2 Å². The lowest BCUT2D eigenvalue weighted by Gasteiger charge is -2.21. The number of likely N-dealkylation sites (tertiary alicyclic amines) is 1. The molecule has 98 valence electrons. The van der Waals surface area contributed by atoms with Crippen molar-refractivity contribution in [3.63, 3.8) is 0 Å². The van der Waals surface area contributed by atoms with Crippen LogP contribution in [0.2, 0.25) is 0 Å². The summed E-state index contributed by atoms with van der Waals surface area (Å²) in [6, 6.07) is -1.02. The molecule has 1 aromatic heterocycles. The highest BCUT2D eigenvalue weighted by Crippen LogP contribution is 2.17. The highest BCUT2D eigenvalue weighted by atomic mass is 32.1. The van der Waals surface area contributed by atoms with Gasteiger partial charge in [-0.15, -0.1) is 11.3 Å². The second-order valence-corrected chi connectivity index (χ2v) is 5.17. The summed E-state index contributed by atoms with van der Waals surface area (Å²) in [5, 5.41) is 14.4. The average Bonchev–Trinajstić information content (AvgIpc) is 2.94. The SMILES string of the molecule is Cc1csc(CNC(=O)N2CCC[C@H]2C(=O)O)n1. The molecule has 0 radical (unpaired) electrons. The first-order chi connectivity index (χ1) is 8.58. The molecule has 1 atom stereocenters. The number of thiazole rings is 1. The molecule has 0 aromatic carbocycles. The van der Waals surface area contributed by atoms with Crippen molar-refractivity contribution < 1.29 is 14.7 Å². The van der Waals surface area contributed by atoms with Gasteiger partial charge in [-0.3, -0.25) is 0 Å². The number of hydrogen-bond acceptors (Lipinski definition) is 4. The number of nitrogens with one attached hydrogen (secondary N) is 1. The van der Waals surface area contributed by atoms with Gasteiger partial charge in [-0.25, -0.2) is 14.6 Å². The van der Waals surface area contributed by atoms with Crippen molar-refractivity contribution in [3.8, 4) is 0 Å². The quantitative estimate of drug-likeness (QED) is 0.864. The highest BCUT2D eigenvalue weighted by Gasteiger charge is 2.33. The third kappa shape index (κ3) is 2.79. The molecule has 2 N–H and O–H groups in total. The van der Waals surface area contributed by atoms with Gasteiger partial charge in [0, 0.05) is 17.6 Å². The Morgan fingerprint density at radius 1 is 1.67 bits per heavy atom.